The molecule has 0 fully saturated rings. The van der Waals surface area contributed by atoms with Crippen LogP contribution in [0.5, 0.6) is 0 Å². The molecule has 152 valence electrons. The van der Waals surface area contributed by atoms with Crippen LogP contribution in [0.15, 0.2) is 60.7 Å². The molecule has 2 aromatic carbocycles. The molecule has 0 spiro atoms. The fourth-order valence-corrected chi connectivity index (χ4v) is 3.46. The van der Waals surface area contributed by atoms with E-state index in [9.17, 15) is 4.79 Å². The maximum Gasteiger partial charge on any atom is 0.223 e. The number of benzene rings is 2. The van der Waals surface area contributed by atoms with Crippen molar-refractivity contribution in [1.82, 2.24) is 10.6 Å². The van der Waals surface area contributed by atoms with Gasteiger partial charge in [-0.25, -0.2) is 0 Å². The standard InChI is InChI=1S/C24H35N3O/c1-26-23(13-8-18-25)19-27-24(28)22(16-14-20-9-4-2-5-10-20)17-15-21-11-6-3-7-12-21/h2-7,9-12,22-23,26H,8,13-19,25H2,1H3,(H,27,28)/t23-/m0/s1. The molecular formula is C24H35N3O. The van der Waals surface area contributed by atoms with Crippen molar-refractivity contribution in [2.24, 2.45) is 11.7 Å². The number of hydrogen-bond acceptors (Lipinski definition) is 3. The van der Waals surface area contributed by atoms with Crippen molar-refractivity contribution < 1.29 is 4.79 Å². The molecular weight excluding hydrogens is 346 g/mol. The van der Waals surface area contributed by atoms with Gasteiger partial charge < -0.3 is 16.4 Å². The van der Waals surface area contributed by atoms with Crippen LogP contribution in [-0.4, -0.2) is 32.1 Å². The van der Waals surface area contributed by atoms with Gasteiger partial charge in [0.05, 0.1) is 0 Å². The highest BCUT2D eigenvalue weighted by atomic mass is 16.1. The van der Waals surface area contributed by atoms with Crippen molar-refractivity contribution in [2.75, 3.05) is 20.1 Å². The SMILES string of the molecule is CN[C@@H](CCCN)CNC(=O)C(CCc1ccccc1)CCc1ccccc1. The fraction of sp³-hybridized carbons (Fsp3) is 0.458. The molecule has 4 heteroatoms. The van der Waals surface area contributed by atoms with Gasteiger partial charge in [0.25, 0.3) is 0 Å². The zero-order valence-electron chi connectivity index (χ0n) is 17.1. The van der Waals surface area contributed by atoms with Gasteiger partial charge in [-0.15, -0.1) is 0 Å². The highest BCUT2D eigenvalue weighted by Gasteiger charge is 2.19. The Bertz CT molecular complexity index is 617. The molecule has 0 saturated carbocycles. The van der Waals surface area contributed by atoms with E-state index in [1.165, 1.54) is 11.1 Å². The van der Waals surface area contributed by atoms with Gasteiger partial charge in [-0.05, 0) is 63.2 Å². The molecule has 0 saturated heterocycles. The first kappa shape index (κ1) is 22.1. The fourth-order valence-electron chi connectivity index (χ4n) is 3.46. The summed E-state index contributed by atoms with van der Waals surface area (Å²) in [5.41, 5.74) is 8.19. The minimum Gasteiger partial charge on any atom is -0.354 e. The Morgan fingerprint density at radius 3 is 1.89 bits per heavy atom. The van der Waals surface area contributed by atoms with Crippen LogP contribution in [0.25, 0.3) is 0 Å². The van der Waals surface area contributed by atoms with Crippen molar-refractivity contribution in [3.8, 4) is 0 Å². The minimum atomic E-state index is 0.0208. The number of aryl methyl sites for hydroxylation is 2. The van der Waals surface area contributed by atoms with E-state index in [0.29, 0.717) is 13.1 Å². The van der Waals surface area contributed by atoms with Crippen LogP contribution in [0, 0.1) is 5.92 Å². The number of rotatable bonds is 13. The lowest BCUT2D eigenvalue weighted by molar-refractivity contribution is -0.125. The number of likely N-dealkylation sites (N-methyl/N-ethyl adjacent to an activating group) is 1. The third-order valence-electron chi connectivity index (χ3n) is 5.31. The van der Waals surface area contributed by atoms with E-state index in [0.717, 1.165) is 38.5 Å². The number of nitrogens with two attached hydrogens (primary N) is 1. The van der Waals surface area contributed by atoms with Crippen LogP contribution in [0.2, 0.25) is 0 Å². The van der Waals surface area contributed by atoms with Gasteiger partial charge in [-0.1, -0.05) is 60.7 Å². The maximum absolute atomic E-state index is 12.9. The maximum atomic E-state index is 12.9. The first-order chi connectivity index (χ1) is 13.7. The van der Waals surface area contributed by atoms with Crippen LogP contribution in [-0.2, 0) is 17.6 Å². The summed E-state index contributed by atoms with van der Waals surface area (Å²) in [5, 5.41) is 6.45. The first-order valence-corrected chi connectivity index (χ1v) is 10.5. The summed E-state index contributed by atoms with van der Waals surface area (Å²) in [5.74, 6) is 0.187. The van der Waals surface area contributed by atoms with E-state index in [-0.39, 0.29) is 17.9 Å². The molecule has 0 aliphatic carbocycles. The average Bonchev–Trinajstić information content (AvgIpc) is 2.75. The Morgan fingerprint density at radius 2 is 1.43 bits per heavy atom. The highest BCUT2D eigenvalue weighted by Crippen LogP contribution is 2.17. The largest absolute Gasteiger partial charge is 0.354 e. The quantitative estimate of drug-likeness (QED) is 0.499. The average molecular weight is 382 g/mol. The van der Waals surface area contributed by atoms with Crippen molar-refractivity contribution in [1.29, 1.82) is 0 Å². The summed E-state index contributed by atoms with van der Waals surface area (Å²) in [6.45, 7) is 1.34. The molecule has 0 radical (unpaired) electrons. The molecule has 2 aromatic rings. The van der Waals surface area contributed by atoms with Gasteiger partial charge in [-0.3, -0.25) is 4.79 Å². The van der Waals surface area contributed by atoms with Gasteiger partial charge in [0.15, 0.2) is 0 Å². The third kappa shape index (κ3) is 8.24. The van der Waals surface area contributed by atoms with Crippen molar-refractivity contribution >= 4 is 5.91 Å². The molecule has 0 bridgehead atoms. The Morgan fingerprint density at radius 1 is 0.893 bits per heavy atom. The molecule has 0 aliphatic heterocycles. The van der Waals surface area contributed by atoms with E-state index >= 15 is 0 Å². The van der Waals surface area contributed by atoms with Gasteiger partial charge in [0.2, 0.25) is 5.91 Å². The molecule has 0 aromatic heterocycles. The first-order valence-electron chi connectivity index (χ1n) is 10.5. The second kappa shape index (κ2) is 13.1. The van der Waals surface area contributed by atoms with Crippen LogP contribution in [0.4, 0.5) is 0 Å². The summed E-state index contributed by atoms with van der Waals surface area (Å²) in [7, 11) is 1.94. The molecule has 4 nitrogen and oxygen atoms in total. The lowest BCUT2D eigenvalue weighted by atomic mass is 9.92. The van der Waals surface area contributed by atoms with E-state index < -0.39 is 0 Å². The zero-order chi connectivity index (χ0) is 20.0. The summed E-state index contributed by atoms with van der Waals surface area (Å²) >= 11 is 0. The summed E-state index contributed by atoms with van der Waals surface area (Å²) in [6, 6.07) is 21.1. The summed E-state index contributed by atoms with van der Waals surface area (Å²) in [6.07, 6.45) is 5.54. The topological polar surface area (TPSA) is 67.2 Å². The van der Waals surface area contributed by atoms with Gasteiger partial charge >= 0.3 is 0 Å². The van der Waals surface area contributed by atoms with Crippen LogP contribution in [0.1, 0.15) is 36.8 Å². The van der Waals surface area contributed by atoms with Crippen LogP contribution < -0.4 is 16.4 Å². The van der Waals surface area contributed by atoms with E-state index in [1.54, 1.807) is 0 Å². The monoisotopic (exact) mass is 381 g/mol. The summed E-state index contributed by atoms with van der Waals surface area (Å²) in [4.78, 5) is 12.9. The zero-order valence-corrected chi connectivity index (χ0v) is 17.1. The predicted molar refractivity (Wildman–Crippen MR) is 117 cm³/mol. The molecule has 0 aliphatic rings. The van der Waals surface area contributed by atoms with Gasteiger partial charge in [-0.2, -0.15) is 0 Å². The number of carbonyl (C=O) groups excluding carboxylic acids is 1. The van der Waals surface area contributed by atoms with Gasteiger partial charge in [0, 0.05) is 18.5 Å². The van der Waals surface area contributed by atoms with Crippen LogP contribution in [0.3, 0.4) is 0 Å². The molecule has 1 atom stereocenters. The van der Waals surface area contributed by atoms with Gasteiger partial charge in [0.1, 0.15) is 0 Å². The second-order valence-corrected chi connectivity index (χ2v) is 7.41. The molecule has 28 heavy (non-hydrogen) atoms. The Kier molecular flexibility index (Phi) is 10.3. The third-order valence-corrected chi connectivity index (χ3v) is 5.31. The van der Waals surface area contributed by atoms with Crippen molar-refractivity contribution in [3.05, 3.63) is 71.8 Å². The number of nitrogens with one attached hydrogen (secondary N) is 2. The lowest BCUT2D eigenvalue weighted by Gasteiger charge is -2.21. The Labute approximate surface area is 169 Å². The molecule has 2 rings (SSSR count). The molecule has 1 amide bonds. The molecule has 4 N–H and O–H groups in total. The van der Waals surface area contributed by atoms with E-state index in [1.807, 2.05) is 19.2 Å². The summed E-state index contributed by atoms with van der Waals surface area (Å²) < 4.78 is 0. The number of hydrogen-bond donors (Lipinski definition) is 3. The second-order valence-electron chi connectivity index (χ2n) is 7.41. The van der Waals surface area contributed by atoms with Crippen molar-refractivity contribution in [3.63, 3.8) is 0 Å². The Hall–Kier alpha value is -2.17. The molecule has 0 unspecified atom stereocenters. The van der Waals surface area contributed by atoms with E-state index in [4.69, 9.17) is 5.73 Å². The smallest absolute Gasteiger partial charge is 0.223 e. The Balaban J connectivity index is 1.92. The minimum absolute atomic E-state index is 0.0208. The predicted octanol–water partition coefficient (Wildman–Crippen LogP) is 3.31. The van der Waals surface area contributed by atoms with Crippen molar-refractivity contribution in [2.45, 2.75) is 44.6 Å². The number of carbonyl (C=O) groups is 1. The normalized spacial score (nSPS) is 12.1. The van der Waals surface area contributed by atoms with Crippen LogP contribution >= 0.6 is 0 Å². The lowest BCUT2D eigenvalue weighted by Crippen LogP contribution is -2.42. The highest BCUT2D eigenvalue weighted by molar-refractivity contribution is 5.78. The van der Waals surface area contributed by atoms with E-state index in [2.05, 4.69) is 59.2 Å². The molecule has 0 heterocycles. The number of amides is 1.